The summed E-state index contributed by atoms with van der Waals surface area (Å²) < 4.78 is 0. The Morgan fingerprint density at radius 1 is 1.25 bits per heavy atom. The zero-order chi connectivity index (χ0) is 11.8. The van der Waals surface area contributed by atoms with Crippen LogP contribution in [-0.4, -0.2) is 17.7 Å². The van der Waals surface area contributed by atoms with E-state index >= 15 is 0 Å². The van der Waals surface area contributed by atoms with Crippen molar-refractivity contribution in [3.63, 3.8) is 0 Å². The molecule has 0 aromatic rings. The highest BCUT2D eigenvalue weighted by molar-refractivity contribution is 7.80. The van der Waals surface area contributed by atoms with E-state index in [1.807, 2.05) is 0 Å². The number of rotatable bonds is 6. The van der Waals surface area contributed by atoms with Gasteiger partial charge in [0.2, 0.25) is 0 Å². The number of hydrogen-bond donors (Lipinski definition) is 2. The largest absolute Gasteiger partial charge is 0.363 e. The van der Waals surface area contributed by atoms with Gasteiger partial charge in [-0.25, -0.2) is 0 Å². The van der Waals surface area contributed by atoms with Crippen molar-refractivity contribution < 1.29 is 0 Å². The molecule has 0 amide bonds. The number of hydrogen-bond acceptors (Lipinski definition) is 1. The Kier molecular flexibility index (Phi) is 6.78. The number of thiocarbonyl (C=S) groups is 1. The van der Waals surface area contributed by atoms with Gasteiger partial charge < -0.3 is 10.6 Å². The average molecular weight is 242 g/mol. The van der Waals surface area contributed by atoms with Crippen molar-refractivity contribution in [2.24, 2.45) is 5.92 Å². The summed E-state index contributed by atoms with van der Waals surface area (Å²) >= 11 is 5.27. The molecule has 94 valence electrons. The second kappa shape index (κ2) is 7.88. The highest BCUT2D eigenvalue weighted by Gasteiger charge is 2.14. The normalized spacial score (nSPS) is 16.7. The van der Waals surface area contributed by atoms with Gasteiger partial charge in [0, 0.05) is 12.6 Å². The van der Waals surface area contributed by atoms with E-state index in [0.717, 1.165) is 17.6 Å². The van der Waals surface area contributed by atoms with Crippen molar-refractivity contribution >= 4 is 17.3 Å². The van der Waals surface area contributed by atoms with E-state index in [-0.39, 0.29) is 0 Å². The Hall–Kier alpha value is -0.310. The minimum absolute atomic E-state index is 0.635. The van der Waals surface area contributed by atoms with Gasteiger partial charge >= 0.3 is 0 Å². The Balaban J connectivity index is 1.93. The molecule has 0 unspecified atom stereocenters. The van der Waals surface area contributed by atoms with E-state index in [1.54, 1.807) is 0 Å². The summed E-state index contributed by atoms with van der Waals surface area (Å²) in [6.45, 7) is 5.57. The van der Waals surface area contributed by atoms with E-state index in [1.165, 1.54) is 44.9 Å². The molecule has 0 atom stereocenters. The van der Waals surface area contributed by atoms with Gasteiger partial charge in [-0.2, -0.15) is 0 Å². The van der Waals surface area contributed by atoms with Crippen molar-refractivity contribution in [2.75, 3.05) is 6.54 Å². The van der Waals surface area contributed by atoms with E-state index in [9.17, 15) is 0 Å². The molecule has 0 radical (unpaired) electrons. The Labute approximate surface area is 106 Å². The maximum atomic E-state index is 5.27. The van der Waals surface area contributed by atoms with Crippen LogP contribution in [0, 0.1) is 5.92 Å². The molecule has 0 saturated heterocycles. The molecule has 1 aliphatic carbocycles. The van der Waals surface area contributed by atoms with Crippen LogP contribution in [0.4, 0.5) is 0 Å². The molecular weight excluding hydrogens is 216 g/mol. The summed E-state index contributed by atoms with van der Waals surface area (Å²) in [6.07, 6.45) is 9.14. The predicted octanol–water partition coefficient (Wildman–Crippen LogP) is 3.22. The Morgan fingerprint density at radius 3 is 2.56 bits per heavy atom. The van der Waals surface area contributed by atoms with Gasteiger partial charge in [-0.15, -0.1) is 0 Å². The van der Waals surface area contributed by atoms with Crippen LogP contribution in [0.3, 0.4) is 0 Å². The van der Waals surface area contributed by atoms with Crippen LogP contribution in [-0.2, 0) is 0 Å². The van der Waals surface area contributed by atoms with Crippen molar-refractivity contribution in [1.82, 2.24) is 10.6 Å². The van der Waals surface area contributed by atoms with Crippen LogP contribution in [0.5, 0.6) is 0 Å². The quantitative estimate of drug-likeness (QED) is 0.552. The van der Waals surface area contributed by atoms with Crippen LogP contribution in [0.25, 0.3) is 0 Å². The molecular formula is C13H26N2S. The second-order valence-corrected chi connectivity index (χ2v) is 5.68. The zero-order valence-electron chi connectivity index (χ0n) is 10.7. The summed E-state index contributed by atoms with van der Waals surface area (Å²) in [6, 6.07) is 0.635. The molecule has 0 aromatic carbocycles. The third-order valence-corrected chi connectivity index (χ3v) is 3.45. The maximum absolute atomic E-state index is 5.27. The fourth-order valence-electron chi connectivity index (χ4n) is 2.19. The van der Waals surface area contributed by atoms with Crippen molar-refractivity contribution in [2.45, 2.75) is 64.8 Å². The van der Waals surface area contributed by atoms with E-state index in [4.69, 9.17) is 12.2 Å². The van der Waals surface area contributed by atoms with Gasteiger partial charge in [0.05, 0.1) is 0 Å². The highest BCUT2D eigenvalue weighted by atomic mass is 32.1. The van der Waals surface area contributed by atoms with Crippen LogP contribution in [0.2, 0.25) is 0 Å². The standard InChI is InChI=1S/C13H26N2S/c1-11(2)7-5-6-10-14-13(16)15-12-8-3-4-9-12/h11-12H,3-10H2,1-2H3,(H2,14,15,16). The lowest BCUT2D eigenvalue weighted by Crippen LogP contribution is -2.40. The van der Waals surface area contributed by atoms with Crippen LogP contribution in [0.1, 0.15) is 58.8 Å². The van der Waals surface area contributed by atoms with E-state index in [0.29, 0.717) is 6.04 Å². The van der Waals surface area contributed by atoms with E-state index < -0.39 is 0 Å². The molecule has 0 aromatic heterocycles. The van der Waals surface area contributed by atoms with Gasteiger partial charge in [0.1, 0.15) is 0 Å². The second-order valence-electron chi connectivity index (χ2n) is 5.27. The molecule has 1 aliphatic rings. The summed E-state index contributed by atoms with van der Waals surface area (Å²) in [7, 11) is 0. The predicted molar refractivity (Wildman–Crippen MR) is 74.7 cm³/mol. The molecule has 0 bridgehead atoms. The first-order valence-corrected chi connectivity index (χ1v) is 7.13. The Bertz CT molecular complexity index is 198. The molecule has 0 heterocycles. The molecule has 1 rings (SSSR count). The minimum Gasteiger partial charge on any atom is -0.363 e. The lowest BCUT2D eigenvalue weighted by Gasteiger charge is -2.15. The summed E-state index contributed by atoms with van der Waals surface area (Å²) in [4.78, 5) is 0. The molecule has 16 heavy (non-hydrogen) atoms. The van der Waals surface area contributed by atoms with Crippen LogP contribution in [0.15, 0.2) is 0 Å². The maximum Gasteiger partial charge on any atom is 0.166 e. The molecule has 2 nitrogen and oxygen atoms in total. The van der Waals surface area contributed by atoms with Gasteiger partial charge in [-0.05, 0) is 37.4 Å². The Morgan fingerprint density at radius 2 is 1.94 bits per heavy atom. The first kappa shape index (κ1) is 13.8. The van der Waals surface area contributed by atoms with Gasteiger partial charge in [0.25, 0.3) is 0 Å². The average Bonchev–Trinajstić information content (AvgIpc) is 2.69. The first-order valence-electron chi connectivity index (χ1n) is 6.73. The van der Waals surface area contributed by atoms with Gasteiger partial charge in [0.15, 0.2) is 5.11 Å². The lowest BCUT2D eigenvalue weighted by atomic mass is 10.1. The molecule has 0 aliphatic heterocycles. The van der Waals surface area contributed by atoms with Crippen LogP contribution < -0.4 is 10.6 Å². The summed E-state index contributed by atoms with van der Waals surface area (Å²) in [5.41, 5.74) is 0. The molecule has 2 N–H and O–H groups in total. The fraction of sp³-hybridized carbons (Fsp3) is 0.923. The lowest BCUT2D eigenvalue weighted by molar-refractivity contribution is 0.533. The van der Waals surface area contributed by atoms with Gasteiger partial charge in [-0.3, -0.25) is 0 Å². The molecule has 0 spiro atoms. The number of unbranched alkanes of at least 4 members (excludes halogenated alkanes) is 1. The third-order valence-electron chi connectivity index (χ3n) is 3.18. The smallest absolute Gasteiger partial charge is 0.166 e. The first-order chi connectivity index (χ1) is 7.68. The summed E-state index contributed by atoms with van der Waals surface area (Å²) in [5, 5.41) is 7.56. The zero-order valence-corrected chi connectivity index (χ0v) is 11.5. The number of nitrogens with one attached hydrogen (secondary N) is 2. The van der Waals surface area contributed by atoms with Crippen molar-refractivity contribution in [3.8, 4) is 0 Å². The summed E-state index contributed by atoms with van der Waals surface area (Å²) in [5.74, 6) is 0.823. The van der Waals surface area contributed by atoms with Crippen molar-refractivity contribution in [3.05, 3.63) is 0 Å². The fourth-order valence-corrected chi connectivity index (χ4v) is 2.45. The van der Waals surface area contributed by atoms with Gasteiger partial charge in [-0.1, -0.05) is 39.5 Å². The molecule has 1 saturated carbocycles. The van der Waals surface area contributed by atoms with Crippen molar-refractivity contribution in [1.29, 1.82) is 0 Å². The monoisotopic (exact) mass is 242 g/mol. The van der Waals surface area contributed by atoms with E-state index in [2.05, 4.69) is 24.5 Å². The molecule has 3 heteroatoms. The SMILES string of the molecule is CC(C)CCCCNC(=S)NC1CCCC1. The highest BCUT2D eigenvalue weighted by Crippen LogP contribution is 2.17. The molecule has 1 fully saturated rings. The minimum atomic E-state index is 0.635. The third kappa shape index (κ3) is 6.31. The van der Waals surface area contributed by atoms with Crippen LogP contribution >= 0.6 is 12.2 Å². The topological polar surface area (TPSA) is 24.1 Å².